The number of aromatic nitrogens is 3. The molecule has 8 nitrogen and oxygen atoms in total. The van der Waals surface area contributed by atoms with Crippen molar-refractivity contribution in [2.45, 2.75) is 65.0 Å². The smallest absolute Gasteiger partial charge is 0.339 e. The molecule has 2 aromatic heterocycles. The molecule has 184 valence electrons. The molecule has 1 aliphatic heterocycles. The monoisotopic (exact) mass is 495 g/mol. The Kier molecular flexibility index (Phi) is 5.78. The van der Waals surface area contributed by atoms with E-state index in [1.54, 1.807) is 30.7 Å². The molecule has 0 N–H and O–H groups in total. The van der Waals surface area contributed by atoms with Crippen molar-refractivity contribution in [3.63, 3.8) is 0 Å². The summed E-state index contributed by atoms with van der Waals surface area (Å²) in [6.45, 7) is 7.27. The molecule has 3 aromatic rings. The van der Waals surface area contributed by atoms with E-state index in [1.807, 2.05) is 26.0 Å². The molecule has 1 aromatic carbocycles. The summed E-state index contributed by atoms with van der Waals surface area (Å²) < 4.78 is 31.5. The molecule has 0 bridgehead atoms. The van der Waals surface area contributed by atoms with Crippen LogP contribution in [0.25, 0.3) is 11.0 Å². The van der Waals surface area contributed by atoms with Crippen LogP contribution in [0.5, 0.6) is 0 Å². The third kappa shape index (κ3) is 4.49. The van der Waals surface area contributed by atoms with Crippen molar-refractivity contribution >= 4 is 32.6 Å². The summed E-state index contributed by atoms with van der Waals surface area (Å²) in [5, 5.41) is 5.15. The highest BCUT2D eigenvalue weighted by Crippen LogP contribution is 2.41. The molecule has 2 unspecified atom stereocenters. The molecule has 0 spiro atoms. The van der Waals surface area contributed by atoms with Gasteiger partial charge >= 0.3 is 5.97 Å². The number of aryl methyl sites for hydroxylation is 3. The van der Waals surface area contributed by atoms with E-state index >= 15 is 0 Å². The normalized spacial score (nSPS) is 20.2. The zero-order valence-corrected chi connectivity index (χ0v) is 21.2. The molecule has 2 atom stereocenters. The van der Waals surface area contributed by atoms with Gasteiger partial charge < -0.3 is 4.74 Å². The minimum atomic E-state index is -3.12. The summed E-state index contributed by atoms with van der Waals surface area (Å²) in [6, 6.07) is 6.87. The predicted octanol–water partition coefficient (Wildman–Crippen LogP) is 4.02. The number of esters is 1. The molecular weight excluding hydrogens is 466 g/mol. The van der Waals surface area contributed by atoms with Crippen molar-refractivity contribution in [3.05, 3.63) is 57.9 Å². The number of Topliss-reactive ketones (excluding diaryl/α,β-unsaturated/α-hetero) is 1. The average molecular weight is 496 g/mol. The highest BCUT2D eigenvalue weighted by molar-refractivity contribution is 7.91. The van der Waals surface area contributed by atoms with Crippen molar-refractivity contribution in [3.8, 4) is 0 Å². The number of sulfone groups is 1. The number of hydrogen-bond acceptors (Lipinski definition) is 7. The first-order chi connectivity index (χ1) is 16.5. The largest absolute Gasteiger partial charge is 0.451 e. The summed E-state index contributed by atoms with van der Waals surface area (Å²) in [6.07, 6.45) is 1.47. The average Bonchev–Trinajstić information content (AvgIpc) is 3.53. The van der Waals surface area contributed by atoms with Crippen molar-refractivity contribution in [1.82, 2.24) is 14.8 Å². The van der Waals surface area contributed by atoms with E-state index in [-0.39, 0.29) is 29.2 Å². The van der Waals surface area contributed by atoms with Gasteiger partial charge in [0, 0.05) is 17.2 Å². The first-order valence-electron chi connectivity index (χ1n) is 12.0. The van der Waals surface area contributed by atoms with E-state index in [0.29, 0.717) is 34.3 Å². The summed E-state index contributed by atoms with van der Waals surface area (Å²) in [5.41, 5.74) is 4.77. The molecule has 1 saturated heterocycles. The van der Waals surface area contributed by atoms with Crippen molar-refractivity contribution < 1.29 is 22.7 Å². The van der Waals surface area contributed by atoms with Crippen LogP contribution in [-0.4, -0.2) is 52.5 Å². The molecule has 1 saturated carbocycles. The number of nitrogens with zero attached hydrogens (tertiary/aromatic N) is 3. The van der Waals surface area contributed by atoms with Gasteiger partial charge in [0.2, 0.25) is 5.78 Å². The third-order valence-corrected chi connectivity index (χ3v) is 8.82. The standard InChI is InChI=1S/C26H29N3O5S/c1-14-5-6-19(11-15(14)2)24(30)17(4)34-26(31)21-12-22(18-7-8-18)27-25-23(21)16(3)28-29(25)20-9-10-35(32,33)13-20/h5-6,11-12,17-18,20H,7-10,13H2,1-4H3. The van der Waals surface area contributed by atoms with Crippen LogP contribution >= 0.6 is 0 Å². The molecule has 5 rings (SSSR count). The molecule has 35 heavy (non-hydrogen) atoms. The van der Waals surface area contributed by atoms with Gasteiger partial charge in [-0.05, 0) is 70.2 Å². The molecule has 9 heteroatoms. The molecule has 2 aliphatic rings. The minimum Gasteiger partial charge on any atom is -0.451 e. The van der Waals surface area contributed by atoms with Gasteiger partial charge in [0.05, 0.1) is 34.2 Å². The Morgan fingerprint density at radius 1 is 1.09 bits per heavy atom. The predicted molar refractivity (Wildman–Crippen MR) is 132 cm³/mol. The van der Waals surface area contributed by atoms with Gasteiger partial charge in [0.25, 0.3) is 0 Å². The Labute approximate surface area is 204 Å². The first-order valence-corrected chi connectivity index (χ1v) is 13.8. The second-order valence-corrected chi connectivity index (χ2v) is 12.1. The number of rotatable bonds is 6. The topological polar surface area (TPSA) is 108 Å². The number of ether oxygens (including phenoxy) is 1. The SMILES string of the molecule is Cc1ccc(C(=O)C(C)OC(=O)c2cc(C3CC3)nc3c2c(C)nn3C2CCS(=O)(=O)C2)cc1C. The molecule has 2 fully saturated rings. The minimum absolute atomic E-state index is 0.0137. The van der Waals surface area contributed by atoms with E-state index in [9.17, 15) is 18.0 Å². The van der Waals surface area contributed by atoms with Gasteiger partial charge in [-0.3, -0.25) is 4.79 Å². The zero-order valence-electron chi connectivity index (χ0n) is 20.4. The fourth-order valence-electron chi connectivity index (χ4n) is 4.71. The third-order valence-electron chi connectivity index (χ3n) is 7.07. The Morgan fingerprint density at radius 2 is 1.83 bits per heavy atom. The van der Waals surface area contributed by atoms with Gasteiger partial charge in [0.1, 0.15) is 0 Å². The van der Waals surface area contributed by atoms with Gasteiger partial charge in [0.15, 0.2) is 21.6 Å². The number of carbonyl (C=O) groups is 2. The molecular formula is C26H29N3O5S. The maximum atomic E-state index is 13.4. The summed E-state index contributed by atoms with van der Waals surface area (Å²) >= 11 is 0. The van der Waals surface area contributed by atoms with E-state index in [0.717, 1.165) is 29.7 Å². The van der Waals surface area contributed by atoms with Crippen LogP contribution in [-0.2, 0) is 14.6 Å². The Balaban J connectivity index is 1.50. The van der Waals surface area contributed by atoms with Crippen LogP contribution in [0.15, 0.2) is 24.3 Å². The Bertz CT molecular complexity index is 1470. The fraction of sp³-hybridized carbons (Fsp3) is 0.462. The van der Waals surface area contributed by atoms with Crippen molar-refractivity contribution in [2.75, 3.05) is 11.5 Å². The summed E-state index contributed by atoms with van der Waals surface area (Å²) in [7, 11) is -3.12. The fourth-order valence-corrected chi connectivity index (χ4v) is 6.40. The molecule has 1 aliphatic carbocycles. The summed E-state index contributed by atoms with van der Waals surface area (Å²) in [4.78, 5) is 31.1. The summed E-state index contributed by atoms with van der Waals surface area (Å²) in [5.74, 6) is -0.479. The van der Waals surface area contributed by atoms with Crippen LogP contribution in [0.3, 0.4) is 0 Å². The van der Waals surface area contributed by atoms with Gasteiger partial charge in [-0.1, -0.05) is 12.1 Å². The second kappa shape index (κ2) is 8.55. The second-order valence-electron chi connectivity index (χ2n) is 9.87. The van der Waals surface area contributed by atoms with Gasteiger partial charge in [-0.2, -0.15) is 5.10 Å². The molecule has 3 heterocycles. The lowest BCUT2D eigenvalue weighted by Crippen LogP contribution is -2.25. The lowest BCUT2D eigenvalue weighted by Gasteiger charge is -2.15. The van der Waals surface area contributed by atoms with Crippen LogP contribution in [0.4, 0.5) is 0 Å². The lowest BCUT2D eigenvalue weighted by atomic mass is 10.0. The number of carbonyl (C=O) groups excluding carboxylic acids is 2. The van der Waals surface area contributed by atoms with E-state index in [4.69, 9.17) is 9.72 Å². The highest BCUT2D eigenvalue weighted by Gasteiger charge is 2.34. The maximum absolute atomic E-state index is 13.4. The van der Waals surface area contributed by atoms with E-state index in [1.165, 1.54) is 0 Å². The lowest BCUT2D eigenvalue weighted by molar-refractivity contribution is 0.0320. The number of ketones is 1. The number of hydrogen-bond donors (Lipinski definition) is 0. The molecule has 0 amide bonds. The van der Waals surface area contributed by atoms with Crippen molar-refractivity contribution in [2.24, 2.45) is 0 Å². The zero-order chi connectivity index (χ0) is 25.1. The van der Waals surface area contributed by atoms with Gasteiger partial charge in [-0.15, -0.1) is 0 Å². The van der Waals surface area contributed by atoms with E-state index < -0.39 is 21.9 Å². The van der Waals surface area contributed by atoms with Crippen LogP contribution in [0.2, 0.25) is 0 Å². The van der Waals surface area contributed by atoms with Gasteiger partial charge in [-0.25, -0.2) is 22.9 Å². The van der Waals surface area contributed by atoms with Crippen molar-refractivity contribution in [1.29, 1.82) is 0 Å². The number of benzene rings is 1. The van der Waals surface area contributed by atoms with Crippen LogP contribution < -0.4 is 0 Å². The maximum Gasteiger partial charge on any atom is 0.339 e. The quantitative estimate of drug-likeness (QED) is 0.375. The van der Waals surface area contributed by atoms with E-state index in [2.05, 4.69) is 5.10 Å². The Hall–Kier alpha value is -3.07. The number of fused-ring (bicyclic) bond motifs is 1. The number of pyridine rings is 1. The first kappa shape index (κ1) is 23.7. The van der Waals surface area contributed by atoms with Crippen LogP contribution in [0, 0.1) is 20.8 Å². The highest BCUT2D eigenvalue weighted by atomic mass is 32.2. The molecule has 0 radical (unpaired) electrons. The Morgan fingerprint density at radius 3 is 2.46 bits per heavy atom. The van der Waals surface area contributed by atoms with Crippen LogP contribution in [0.1, 0.15) is 81.4 Å².